The predicted octanol–water partition coefficient (Wildman–Crippen LogP) is 5.72. The molecule has 3 nitrogen and oxygen atoms in total. The molecule has 0 aromatic heterocycles. The van der Waals surface area contributed by atoms with Gasteiger partial charge in [-0.15, -0.1) is 0 Å². The number of nitrogens with one attached hydrogen (secondary N) is 1. The summed E-state index contributed by atoms with van der Waals surface area (Å²) in [6.07, 6.45) is 5.34. The Labute approximate surface area is 160 Å². The number of ether oxygens (including phenoxy) is 1. The average Bonchev–Trinajstić information content (AvgIpc) is 3.11. The highest BCUT2D eigenvalue weighted by Gasteiger charge is 2.41. The molecule has 4 rings (SSSR count). The SMILES string of the molecule is COC(=O)c1ccc(Cl)c2c1[C@@H]1C=CC[C@@H]1[C@@H](c1ccccc1Br)N2. The minimum Gasteiger partial charge on any atom is -0.465 e. The molecule has 1 aliphatic heterocycles. The van der Waals surface area contributed by atoms with Crippen LogP contribution in [-0.2, 0) is 4.74 Å². The van der Waals surface area contributed by atoms with E-state index in [1.807, 2.05) is 12.1 Å². The van der Waals surface area contributed by atoms with E-state index in [-0.39, 0.29) is 17.9 Å². The summed E-state index contributed by atoms with van der Waals surface area (Å²) in [5.41, 5.74) is 3.56. The number of fused-ring (bicyclic) bond motifs is 3. The van der Waals surface area contributed by atoms with Crippen LogP contribution in [0.25, 0.3) is 0 Å². The molecule has 3 atom stereocenters. The molecule has 0 unspecified atom stereocenters. The van der Waals surface area contributed by atoms with Crippen LogP contribution in [0.3, 0.4) is 0 Å². The van der Waals surface area contributed by atoms with Gasteiger partial charge < -0.3 is 10.1 Å². The fourth-order valence-electron chi connectivity index (χ4n) is 4.00. The highest BCUT2D eigenvalue weighted by molar-refractivity contribution is 9.10. The van der Waals surface area contributed by atoms with Crippen molar-refractivity contribution in [2.75, 3.05) is 12.4 Å². The molecule has 2 aliphatic rings. The van der Waals surface area contributed by atoms with E-state index in [0.29, 0.717) is 16.5 Å². The normalized spacial score (nSPS) is 23.6. The molecule has 0 amide bonds. The first kappa shape index (κ1) is 16.7. The maximum Gasteiger partial charge on any atom is 0.338 e. The molecular weight excluding hydrogens is 402 g/mol. The monoisotopic (exact) mass is 417 g/mol. The summed E-state index contributed by atoms with van der Waals surface area (Å²) < 4.78 is 6.05. The zero-order chi connectivity index (χ0) is 17.6. The maximum atomic E-state index is 12.3. The standard InChI is InChI=1S/C20H17BrClNO2/c1-25-20(24)14-9-10-16(22)19-17(14)11-6-4-7-12(11)18(23-19)13-5-2-3-8-15(13)21/h2-6,8-12,18,23H,7H2,1H3/t11-,12+,18+/m1/s1. The van der Waals surface area contributed by atoms with Crippen molar-refractivity contribution < 1.29 is 9.53 Å². The first-order valence-electron chi connectivity index (χ1n) is 8.20. The summed E-state index contributed by atoms with van der Waals surface area (Å²) in [5, 5.41) is 4.23. The number of halogens is 2. The van der Waals surface area contributed by atoms with Gasteiger partial charge in [-0.3, -0.25) is 0 Å². The van der Waals surface area contributed by atoms with Crippen LogP contribution in [0, 0.1) is 5.92 Å². The van der Waals surface area contributed by atoms with Gasteiger partial charge in [-0.05, 0) is 41.7 Å². The lowest BCUT2D eigenvalue weighted by atomic mass is 9.75. The molecule has 128 valence electrons. The molecule has 0 radical (unpaired) electrons. The third-order valence-corrected chi connectivity index (χ3v) is 6.15. The first-order valence-corrected chi connectivity index (χ1v) is 9.37. The fourth-order valence-corrected chi connectivity index (χ4v) is 4.75. The lowest BCUT2D eigenvalue weighted by Gasteiger charge is -2.39. The molecule has 25 heavy (non-hydrogen) atoms. The molecule has 5 heteroatoms. The van der Waals surface area contributed by atoms with Crippen molar-refractivity contribution in [1.29, 1.82) is 0 Å². The van der Waals surface area contributed by atoms with Gasteiger partial charge in [0.05, 0.1) is 29.4 Å². The second-order valence-corrected chi connectivity index (χ2v) is 7.63. The van der Waals surface area contributed by atoms with Crippen LogP contribution in [0.1, 0.15) is 39.9 Å². The molecular formula is C20H17BrClNO2. The van der Waals surface area contributed by atoms with Gasteiger partial charge in [0.15, 0.2) is 0 Å². The predicted molar refractivity (Wildman–Crippen MR) is 103 cm³/mol. The van der Waals surface area contributed by atoms with Crippen molar-refractivity contribution in [2.45, 2.75) is 18.4 Å². The number of esters is 1. The van der Waals surface area contributed by atoms with Crippen LogP contribution in [0.2, 0.25) is 5.02 Å². The molecule has 2 aromatic carbocycles. The topological polar surface area (TPSA) is 38.3 Å². The summed E-state index contributed by atoms with van der Waals surface area (Å²) in [4.78, 5) is 12.3. The Morgan fingerprint density at radius 3 is 2.84 bits per heavy atom. The molecule has 1 heterocycles. The van der Waals surface area contributed by atoms with Crippen molar-refractivity contribution in [3.8, 4) is 0 Å². The second kappa shape index (κ2) is 6.50. The van der Waals surface area contributed by atoms with E-state index in [2.05, 4.69) is 45.5 Å². The minimum absolute atomic E-state index is 0.119. The van der Waals surface area contributed by atoms with E-state index in [1.165, 1.54) is 12.7 Å². The van der Waals surface area contributed by atoms with E-state index in [4.69, 9.17) is 16.3 Å². The number of allylic oxidation sites excluding steroid dienone is 2. The Hall–Kier alpha value is -1.78. The number of carbonyl (C=O) groups is 1. The number of carbonyl (C=O) groups excluding carboxylic acids is 1. The van der Waals surface area contributed by atoms with Crippen LogP contribution in [-0.4, -0.2) is 13.1 Å². The number of rotatable bonds is 2. The van der Waals surface area contributed by atoms with Gasteiger partial charge >= 0.3 is 5.97 Å². The van der Waals surface area contributed by atoms with Crippen molar-refractivity contribution >= 4 is 39.2 Å². The Morgan fingerprint density at radius 2 is 2.08 bits per heavy atom. The van der Waals surface area contributed by atoms with E-state index in [1.54, 1.807) is 12.1 Å². The summed E-state index contributed by atoms with van der Waals surface area (Å²) in [6, 6.07) is 11.9. The van der Waals surface area contributed by atoms with E-state index < -0.39 is 0 Å². The van der Waals surface area contributed by atoms with Gasteiger partial charge in [-0.1, -0.05) is 57.9 Å². The highest BCUT2D eigenvalue weighted by atomic mass is 79.9. The molecule has 2 aromatic rings. The summed E-state index contributed by atoms with van der Waals surface area (Å²) >= 11 is 10.2. The minimum atomic E-state index is -0.326. The van der Waals surface area contributed by atoms with Gasteiger partial charge in [-0.2, -0.15) is 0 Å². The summed E-state index contributed by atoms with van der Waals surface area (Å²) in [6.45, 7) is 0. The Balaban J connectivity index is 1.89. The van der Waals surface area contributed by atoms with Crippen molar-refractivity contribution in [3.63, 3.8) is 0 Å². The summed E-state index contributed by atoms with van der Waals surface area (Å²) in [5.74, 6) is 0.141. The van der Waals surface area contributed by atoms with Gasteiger partial charge in [0.25, 0.3) is 0 Å². The largest absolute Gasteiger partial charge is 0.465 e. The number of anilines is 1. The Bertz CT molecular complexity index is 880. The van der Waals surface area contributed by atoms with Gasteiger partial charge in [0.2, 0.25) is 0 Å². The quantitative estimate of drug-likeness (QED) is 0.501. The lowest BCUT2D eigenvalue weighted by Crippen LogP contribution is -2.31. The molecule has 0 saturated heterocycles. The molecule has 1 aliphatic carbocycles. The van der Waals surface area contributed by atoms with Crippen LogP contribution in [0.4, 0.5) is 5.69 Å². The van der Waals surface area contributed by atoms with Crippen molar-refractivity contribution in [2.24, 2.45) is 5.92 Å². The first-order chi connectivity index (χ1) is 12.1. The Kier molecular flexibility index (Phi) is 4.34. The summed E-state index contributed by atoms with van der Waals surface area (Å²) in [7, 11) is 1.41. The van der Waals surface area contributed by atoms with Gasteiger partial charge in [0, 0.05) is 10.4 Å². The number of hydrogen-bond acceptors (Lipinski definition) is 3. The fraction of sp³-hybridized carbons (Fsp3) is 0.250. The third kappa shape index (κ3) is 2.68. The van der Waals surface area contributed by atoms with Crippen molar-refractivity contribution in [1.82, 2.24) is 0 Å². The van der Waals surface area contributed by atoms with Gasteiger partial charge in [0.1, 0.15) is 0 Å². The number of methoxy groups -OCH3 is 1. The highest BCUT2D eigenvalue weighted by Crippen LogP contribution is 2.53. The number of benzene rings is 2. The zero-order valence-corrected chi connectivity index (χ0v) is 16.0. The molecule has 0 saturated carbocycles. The van der Waals surface area contributed by atoms with Gasteiger partial charge in [-0.25, -0.2) is 4.79 Å². The zero-order valence-electron chi connectivity index (χ0n) is 13.6. The maximum absolute atomic E-state index is 12.3. The van der Waals surface area contributed by atoms with Crippen molar-refractivity contribution in [3.05, 3.63) is 74.7 Å². The number of hydrogen-bond donors (Lipinski definition) is 1. The van der Waals surface area contributed by atoms with Crippen LogP contribution < -0.4 is 5.32 Å². The van der Waals surface area contributed by atoms with E-state index >= 15 is 0 Å². The molecule has 1 N–H and O–H groups in total. The molecule has 0 bridgehead atoms. The van der Waals surface area contributed by atoms with E-state index in [0.717, 1.165) is 22.1 Å². The van der Waals surface area contributed by atoms with Crippen LogP contribution >= 0.6 is 27.5 Å². The van der Waals surface area contributed by atoms with Crippen LogP contribution in [0.15, 0.2) is 53.0 Å². The lowest BCUT2D eigenvalue weighted by molar-refractivity contribution is 0.0598. The smallest absolute Gasteiger partial charge is 0.338 e. The third-order valence-electron chi connectivity index (χ3n) is 5.11. The molecule has 0 spiro atoms. The molecule has 0 fully saturated rings. The van der Waals surface area contributed by atoms with E-state index in [9.17, 15) is 4.79 Å². The Morgan fingerprint density at radius 1 is 1.28 bits per heavy atom. The van der Waals surface area contributed by atoms with Crippen LogP contribution in [0.5, 0.6) is 0 Å². The average molecular weight is 419 g/mol. The second-order valence-electron chi connectivity index (χ2n) is 6.37.